The van der Waals surface area contributed by atoms with Crippen molar-refractivity contribution in [3.63, 3.8) is 0 Å². The van der Waals surface area contributed by atoms with Crippen molar-refractivity contribution in [2.45, 2.75) is 0 Å². The van der Waals surface area contributed by atoms with E-state index in [0.717, 1.165) is 12.1 Å². The van der Waals surface area contributed by atoms with Gasteiger partial charge in [0, 0.05) is 12.6 Å². The number of benzene rings is 1. The number of imidazole rings is 1. The molecule has 1 aromatic heterocycles. The minimum Gasteiger partial charge on any atom is -0.492 e. The van der Waals surface area contributed by atoms with E-state index in [1.807, 2.05) is 0 Å². The zero-order chi connectivity index (χ0) is 11.9. The lowest BCUT2D eigenvalue weighted by atomic mass is 10.2. The van der Waals surface area contributed by atoms with Gasteiger partial charge in [-0.1, -0.05) is 0 Å². The highest BCUT2D eigenvalue weighted by Crippen LogP contribution is 2.24. The molecule has 0 spiro atoms. The molecule has 0 aliphatic rings. The molecule has 1 aromatic carbocycles. The number of hydrogen-bond donors (Lipinski definition) is 1. The highest BCUT2D eigenvalue weighted by molar-refractivity contribution is 5.56. The summed E-state index contributed by atoms with van der Waals surface area (Å²) in [6, 6.07) is 1.64. The van der Waals surface area contributed by atoms with Crippen LogP contribution < -0.4 is 0 Å². The lowest BCUT2D eigenvalue weighted by Crippen LogP contribution is -1.96. The molecule has 0 saturated heterocycles. The van der Waals surface area contributed by atoms with Gasteiger partial charge in [-0.2, -0.15) is 4.98 Å². The average molecular weight is 228 g/mol. The van der Waals surface area contributed by atoms with Crippen LogP contribution >= 0.6 is 0 Å². The monoisotopic (exact) mass is 228 g/mol. The Hall–Kier alpha value is -1.98. The SMILES string of the molecule is Cn1cc(O)nc1-c1cc(F)c(F)c(F)c1. The van der Waals surface area contributed by atoms with Crippen LogP contribution in [-0.4, -0.2) is 14.7 Å². The maximum Gasteiger partial charge on any atom is 0.229 e. The van der Waals surface area contributed by atoms with Crippen LogP contribution in [0.3, 0.4) is 0 Å². The van der Waals surface area contributed by atoms with Gasteiger partial charge in [0.2, 0.25) is 5.88 Å². The molecule has 2 rings (SSSR count). The van der Waals surface area contributed by atoms with Crippen molar-refractivity contribution < 1.29 is 18.3 Å². The van der Waals surface area contributed by atoms with E-state index in [-0.39, 0.29) is 17.3 Å². The Bertz CT molecular complexity index is 528. The summed E-state index contributed by atoms with van der Waals surface area (Å²) in [5.74, 6) is -4.24. The van der Waals surface area contributed by atoms with Crippen molar-refractivity contribution in [2.75, 3.05) is 0 Å². The van der Waals surface area contributed by atoms with Crippen molar-refractivity contribution in [3.05, 3.63) is 35.8 Å². The number of aromatic nitrogens is 2. The standard InChI is InChI=1S/C10H7F3N2O/c1-15-4-8(16)14-10(15)5-2-6(11)9(13)7(12)3-5/h2-4,16H,1H3. The lowest BCUT2D eigenvalue weighted by Gasteiger charge is -2.02. The zero-order valence-electron chi connectivity index (χ0n) is 8.21. The van der Waals surface area contributed by atoms with Gasteiger partial charge in [0.25, 0.3) is 0 Å². The van der Waals surface area contributed by atoms with E-state index in [0.29, 0.717) is 0 Å². The first-order valence-corrected chi connectivity index (χ1v) is 4.36. The molecular weight excluding hydrogens is 221 g/mol. The molecule has 6 heteroatoms. The number of hydrogen-bond acceptors (Lipinski definition) is 2. The highest BCUT2D eigenvalue weighted by Gasteiger charge is 2.14. The van der Waals surface area contributed by atoms with Gasteiger partial charge >= 0.3 is 0 Å². The molecule has 0 atom stereocenters. The van der Waals surface area contributed by atoms with Gasteiger partial charge in [0.05, 0.1) is 6.20 Å². The molecule has 0 unspecified atom stereocenters. The lowest BCUT2D eigenvalue weighted by molar-refractivity contribution is 0.447. The van der Waals surface area contributed by atoms with Gasteiger partial charge in [-0.15, -0.1) is 0 Å². The Morgan fingerprint density at radius 3 is 2.19 bits per heavy atom. The van der Waals surface area contributed by atoms with Gasteiger partial charge in [-0.25, -0.2) is 13.2 Å². The Kier molecular flexibility index (Phi) is 2.34. The third kappa shape index (κ3) is 1.62. The van der Waals surface area contributed by atoms with Gasteiger partial charge < -0.3 is 9.67 Å². The summed E-state index contributed by atoms with van der Waals surface area (Å²) in [5.41, 5.74) is 0.0548. The molecule has 0 radical (unpaired) electrons. The fourth-order valence-corrected chi connectivity index (χ4v) is 1.40. The second-order valence-corrected chi connectivity index (χ2v) is 3.29. The maximum absolute atomic E-state index is 12.9. The topological polar surface area (TPSA) is 38.0 Å². The van der Waals surface area contributed by atoms with E-state index in [2.05, 4.69) is 4.98 Å². The fraction of sp³-hybridized carbons (Fsp3) is 0.100. The van der Waals surface area contributed by atoms with Gasteiger partial charge in [-0.05, 0) is 12.1 Å². The second kappa shape index (κ2) is 3.55. The molecule has 0 bridgehead atoms. The summed E-state index contributed by atoms with van der Waals surface area (Å²) in [6.45, 7) is 0. The number of halogens is 3. The smallest absolute Gasteiger partial charge is 0.229 e. The second-order valence-electron chi connectivity index (χ2n) is 3.29. The number of nitrogens with zero attached hydrogens (tertiary/aromatic N) is 2. The van der Waals surface area contributed by atoms with Crippen LogP contribution in [0, 0.1) is 17.5 Å². The summed E-state index contributed by atoms with van der Waals surface area (Å²) in [7, 11) is 1.54. The summed E-state index contributed by atoms with van der Waals surface area (Å²) in [6.07, 6.45) is 1.27. The van der Waals surface area contributed by atoms with Crippen LogP contribution in [0.2, 0.25) is 0 Å². The first-order valence-electron chi connectivity index (χ1n) is 4.36. The van der Waals surface area contributed by atoms with Crippen molar-refractivity contribution in [3.8, 4) is 17.3 Å². The molecule has 16 heavy (non-hydrogen) atoms. The van der Waals surface area contributed by atoms with Crippen molar-refractivity contribution >= 4 is 0 Å². The van der Waals surface area contributed by atoms with Gasteiger partial charge in [-0.3, -0.25) is 0 Å². The largest absolute Gasteiger partial charge is 0.492 e. The Morgan fingerprint density at radius 1 is 1.19 bits per heavy atom. The molecule has 0 aliphatic carbocycles. The summed E-state index contributed by atoms with van der Waals surface area (Å²) >= 11 is 0. The molecule has 84 valence electrons. The normalized spacial score (nSPS) is 10.8. The van der Waals surface area contributed by atoms with Crippen molar-refractivity contribution in [1.29, 1.82) is 0 Å². The highest BCUT2D eigenvalue weighted by atomic mass is 19.2. The van der Waals surface area contributed by atoms with Crippen molar-refractivity contribution in [1.82, 2.24) is 9.55 Å². The Morgan fingerprint density at radius 2 is 1.75 bits per heavy atom. The molecule has 1 N–H and O–H groups in total. The quantitative estimate of drug-likeness (QED) is 0.760. The third-order valence-electron chi connectivity index (χ3n) is 2.11. The zero-order valence-corrected chi connectivity index (χ0v) is 8.21. The minimum absolute atomic E-state index is 0.0548. The first kappa shape index (κ1) is 10.5. The Balaban J connectivity index is 2.61. The van der Waals surface area contributed by atoms with Crippen LogP contribution in [0.1, 0.15) is 0 Å². The van der Waals surface area contributed by atoms with E-state index in [9.17, 15) is 13.2 Å². The van der Waals surface area contributed by atoms with Gasteiger partial charge in [0.1, 0.15) is 5.82 Å². The predicted octanol–water partition coefficient (Wildman–Crippen LogP) is 2.21. The molecule has 0 saturated carbocycles. The van der Waals surface area contributed by atoms with E-state index in [4.69, 9.17) is 5.11 Å². The van der Waals surface area contributed by atoms with E-state index >= 15 is 0 Å². The van der Waals surface area contributed by atoms with Crippen molar-refractivity contribution in [2.24, 2.45) is 7.05 Å². The van der Waals surface area contributed by atoms with Crippen LogP contribution in [-0.2, 0) is 7.05 Å². The molecule has 2 aromatic rings. The molecular formula is C10H7F3N2O. The maximum atomic E-state index is 12.9. The molecule has 0 amide bonds. The van der Waals surface area contributed by atoms with Crippen LogP contribution in [0.15, 0.2) is 18.3 Å². The van der Waals surface area contributed by atoms with E-state index in [1.54, 1.807) is 7.05 Å². The number of aromatic hydroxyl groups is 1. The minimum atomic E-state index is -1.53. The summed E-state index contributed by atoms with van der Waals surface area (Å²) < 4.78 is 40.0. The molecule has 3 nitrogen and oxygen atoms in total. The van der Waals surface area contributed by atoms with Crippen LogP contribution in [0.5, 0.6) is 5.88 Å². The molecule has 0 fully saturated rings. The van der Waals surface area contributed by atoms with E-state index < -0.39 is 17.5 Å². The number of rotatable bonds is 1. The van der Waals surface area contributed by atoms with Crippen LogP contribution in [0.25, 0.3) is 11.4 Å². The third-order valence-corrected chi connectivity index (χ3v) is 2.11. The van der Waals surface area contributed by atoms with E-state index in [1.165, 1.54) is 10.8 Å². The molecule has 0 aliphatic heterocycles. The van der Waals surface area contributed by atoms with Gasteiger partial charge in [0.15, 0.2) is 17.5 Å². The Labute approximate surface area is 88.8 Å². The number of aryl methyl sites for hydroxylation is 1. The summed E-state index contributed by atoms with van der Waals surface area (Å²) in [5, 5.41) is 9.09. The molecule has 1 heterocycles. The predicted molar refractivity (Wildman–Crippen MR) is 50.2 cm³/mol. The van der Waals surface area contributed by atoms with Crippen LogP contribution in [0.4, 0.5) is 13.2 Å². The fourth-order valence-electron chi connectivity index (χ4n) is 1.40. The summed E-state index contributed by atoms with van der Waals surface area (Å²) in [4.78, 5) is 3.66. The first-order chi connectivity index (χ1) is 7.49. The average Bonchev–Trinajstić information content (AvgIpc) is 2.53.